The second-order valence-electron chi connectivity index (χ2n) is 7.68. The van der Waals surface area contributed by atoms with Crippen molar-refractivity contribution in [3.63, 3.8) is 0 Å². The van der Waals surface area contributed by atoms with Crippen LogP contribution in [0.3, 0.4) is 0 Å². The number of benzene rings is 1. The molecule has 0 saturated carbocycles. The van der Waals surface area contributed by atoms with Crippen LogP contribution in [-0.2, 0) is 23.9 Å². The Bertz CT molecular complexity index is 1020. The highest BCUT2D eigenvalue weighted by molar-refractivity contribution is 7.20. The average Bonchev–Trinajstić information content (AvgIpc) is 2.98. The molecule has 1 saturated heterocycles. The predicted molar refractivity (Wildman–Crippen MR) is 125 cm³/mol. The lowest BCUT2D eigenvalue weighted by Crippen LogP contribution is -2.36. The summed E-state index contributed by atoms with van der Waals surface area (Å²) in [6, 6.07) is 9.53. The number of carbonyl (C=O) groups is 4. The molecule has 0 atom stereocenters. The first-order valence-electron chi connectivity index (χ1n) is 11.0. The second-order valence-corrected chi connectivity index (χ2v) is 8.70. The maximum Gasteiger partial charge on any atom is 0.341 e. The molecule has 1 N–H and O–H groups in total. The topological polar surface area (TPSA) is 102 Å². The molecule has 1 aromatic heterocycles. The third-order valence-corrected chi connectivity index (χ3v) is 6.53. The molecule has 0 spiro atoms. The van der Waals surface area contributed by atoms with Gasteiger partial charge < -0.3 is 19.7 Å². The van der Waals surface area contributed by atoms with Crippen molar-refractivity contribution in [3.8, 4) is 10.4 Å². The summed E-state index contributed by atoms with van der Waals surface area (Å²) in [5.74, 6) is -1.81. The summed E-state index contributed by atoms with van der Waals surface area (Å²) >= 11 is 1.26. The number of ether oxygens (including phenoxy) is 2. The molecule has 2 heterocycles. The zero-order valence-corrected chi connectivity index (χ0v) is 19.7. The summed E-state index contributed by atoms with van der Waals surface area (Å²) in [5.41, 5.74) is 1.91. The highest BCUT2D eigenvalue weighted by atomic mass is 32.1. The fourth-order valence-corrected chi connectivity index (χ4v) is 4.85. The minimum atomic E-state index is -0.640. The normalized spacial score (nSPS) is 13.9. The summed E-state index contributed by atoms with van der Waals surface area (Å²) in [5, 5.41) is 3.02. The molecular formula is C24H28N2O6S. The van der Waals surface area contributed by atoms with E-state index < -0.39 is 24.5 Å². The van der Waals surface area contributed by atoms with Gasteiger partial charge in [-0.3, -0.25) is 14.4 Å². The molecule has 0 bridgehead atoms. The number of hydrogen-bond donors (Lipinski definition) is 1. The van der Waals surface area contributed by atoms with Crippen LogP contribution in [0.2, 0.25) is 0 Å². The van der Waals surface area contributed by atoms with Crippen LogP contribution in [0.25, 0.3) is 10.4 Å². The summed E-state index contributed by atoms with van der Waals surface area (Å²) in [6.07, 6.45) is 3.04. The number of likely N-dealkylation sites (tertiary alicyclic amines) is 1. The molecule has 3 rings (SSSR count). The summed E-state index contributed by atoms with van der Waals surface area (Å²) in [4.78, 5) is 51.6. The van der Waals surface area contributed by atoms with Crippen molar-refractivity contribution in [3.05, 3.63) is 41.5 Å². The molecule has 1 aromatic carbocycles. The summed E-state index contributed by atoms with van der Waals surface area (Å²) < 4.78 is 10.3. The number of rotatable bonds is 8. The second kappa shape index (κ2) is 11.6. The Morgan fingerprint density at radius 1 is 1.09 bits per heavy atom. The number of nitrogens with one attached hydrogen (secondary N) is 1. The van der Waals surface area contributed by atoms with Gasteiger partial charge in [0.1, 0.15) is 11.5 Å². The third kappa shape index (κ3) is 6.41. The van der Waals surface area contributed by atoms with Gasteiger partial charge in [-0.15, -0.1) is 11.3 Å². The van der Waals surface area contributed by atoms with E-state index in [2.05, 4.69) is 5.32 Å². The van der Waals surface area contributed by atoms with Gasteiger partial charge >= 0.3 is 11.9 Å². The van der Waals surface area contributed by atoms with Gasteiger partial charge in [0.25, 0.3) is 5.91 Å². The van der Waals surface area contributed by atoms with Crippen LogP contribution in [0.1, 0.15) is 48.5 Å². The number of amides is 2. The van der Waals surface area contributed by atoms with Crippen LogP contribution in [0.4, 0.5) is 5.00 Å². The standard InChI is InChI=1S/C24H28N2O6S/c1-3-31-24(30)21-16(2)22(17-10-6-4-7-11-17)33-23(21)25-18(27)15-32-20(29)14-26-13-9-5-8-12-19(26)28/h4,6-7,10-11H,3,5,8-9,12-15H2,1-2H3,(H,25,27). The SMILES string of the molecule is CCOC(=O)c1c(NC(=O)COC(=O)CN2CCCCCC2=O)sc(-c2ccccc2)c1C. The summed E-state index contributed by atoms with van der Waals surface area (Å²) in [7, 11) is 0. The van der Waals surface area contributed by atoms with Crippen LogP contribution in [0, 0.1) is 6.92 Å². The number of nitrogens with zero attached hydrogens (tertiary/aromatic N) is 1. The van der Waals surface area contributed by atoms with E-state index in [1.54, 1.807) is 13.8 Å². The Balaban J connectivity index is 1.67. The summed E-state index contributed by atoms with van der Waals surface area (Å²) in [6.45, 7) is 3.55. The molecule has 176 valence electrons. The number of anilines is 1. The molecule has 1 aliphatic heterocycles. The minimum Gasteiger partial charge on any atom is -0.462 e. The van der Waals surface area contributed by atoms with Crippen LogP contribution in [0.5, 0.6) is 0 Å². The lowest BCUT2D eigenvalue weighted by molar-refractivity contribution is -0.151. The Hall–Kier alpha value is -3.20. The van der Waals surface area contributed by atoms with E-state index in [4.69, 9.17) is 9.47 Å². The number of hydrogen-bond acceptors (Lipinski definition) is 7. The molecule has 0 radical (unpaired) electrons. The monoisotopic (exact) mass is 472 g/mol. The molecule has 33 heavy (non-hydrogen) atoms. The van der Waals surface area contributed by atoms with Crippen LogP contribution in [0.15, 0.2) is 30.3 Å². The van der Waals surface area contributed by atoms with Crippen LogP contribution in [-0.4, -0.2) is 55.0 Å². The Morgan fingerprint density at radius 3 is 2.58 bits per heavy atom. The first-order chi connectivity index (χ1) is 15.9. The van der Waals surface area contributed by atoms with Gasteiger partial charge in [-0.25, -0.2) is 4.79 Å². The molecule has 0 aliphatic carbocycles. The number of thiophene rings is 1. The van der Waals surface area contributed by atoms with Crippen LogP contribution < -0.4 is 5.32 Å². The fourth-order valence-electron chi connectivity index (χ4n) is 3.63. The highest BCUT2D eigenvalue weighted by Gasteiger charge is 2.25. The first-order valence-corrected chi connectivity index (χ1v) is 11.8. The highest BCUT2D eigenvalue weighted by Crippen LogP contribution is 2.40. The number of esters is 2. The Labute approximate surface area is 196 Å². The Kier molecular flexibility index (Phi) is 8.59. The third-order valence-electron chi connectivity index (χ3n) is 5.27. The first kappa shape index (κ1) is 24.4. The van der Waals surface area contributed by atoms with Gasteiger partial charge in [-0.1, -0.05) is 36.8 Å². The fraction of sp³-hybridized carbons (Fsp3) is 0.417. The van der Waals surface area contributed by atoms with E-state index in [1.807, 2.05) is 30.3 Å². The molecule has 1 fully saturated rings. The molecule has 8 nitrogen and oxygen atoms in total. The van der Waals surface area contributed by atoms with Gasteiger partial charge in [0.05, 0.1) is 12.2 Å². The van der Waals surface area contributed by atoms with Gasteiger partial charge in [0.15, 0.2) is 6.61 Å². The predicted octanol–water partition coefficient (Wildman–Crippen LogP) is 3.78. The molecular weight excluding hydrogens is 444 g/mol. The van der Waals surface area contributed by atoms with Crippen molar-refractivity contribution in [2.75, 3.05) is 31.6 Å². The van der Waals surface area contributed by atoms with E-state index in [0.717, 1.165) is 29.7 Å². The van der Waals surface area contributed by atoms with Crippen molar-refractivity contribution in [2.45, 2.75) is 39.5 Å². The van der Waals surface area contributed by atoms with Crippen molar-refractivity contribution in [2.24, 2.45) is 0 Å². The molecule has 0 unspecified atom stereocenters. The molecule has 9 heteroatoms. The van der Waals surface area contributed by atoms with Crippen LogP contribution >= 0.6 is 11.3 Å². The van der Waals surface area contributed by atoms with Crippen molar-refractivity contribution >= 4 is 40.1 Å². The number of carbonyl (C=O) groups excluding carboxylic acids is 4. The quantitative estimate of drug-likeness (QED) is 0.587. The largest absolute Gasteiger partial charge is 0.462 e. The van der Waals surface area contributed by atoms with Gasteiger partial charge in [-0.2, -0.15) is 0 Å². The van der Waals surface area contributed by atoms with Gasteiger partial charge in [0.2, 0.25) is 5.91 Å². The molecule has 1 aliphatic rings. The van der Waals surface area contributed by atoms with Crippen molar-refractivity contribution in [1.82, 2.24) is 4.90 Å². The smallest absolute Gasteiger partial charge is 0.341 e. The molecule has 2 aromatic rings. The van der Waals surface area contributed by atoms with E-state index in [-0.39, 0.29) is 24.6 Å². The van der Waals surface area contributed by atoms with E-state index in [0.29, 0.717) is 23.5 Å². The minimum absolute atomic E-state index is 0.0736. The Morgan fingerprint density at radius 2 is 1.85 bits per heavy atom. The maximum atomic E-state index is 12.6. The average molecular weight is 473 g/mol. The molecule has 2 amide bonds. The van der Waals surface area contributed by atoms with Crippen molar-refractivity contribution in [1.29, 1.82) is 0 Å². The zero-order valence-electron chi connectivity index (χ0n) is 18.8. The maximum absolute atomic E-state index is 12.6. The van der Waals surface area contributed by atoms with E-state index >= 15 is 0 Å². The van der Waals surface area contributed by atoms with E-state index in [1.165, 1.54) is 16.2 Å². The lowest BCUT2D eigenvalue weighted by Gasteiger charge is -2.19. The lowest BCUT2D eigenvalue weighted by atomic mass is 10.1. The zero-order chi connectivity index (χ0) is 23.8. The van der Waals surface area contributed by atoms with Gasteiger partial charge in [-0.05, 0) is 37.8 Å². The van der Waals surface area contributed by atoms with E-state index in [9.17, 15) is 19.2 Å². The van der Waals surface area contributed by atoms with Crippen molar-refractivity contribution < 1.29 is 28.7 Å². The van der Waals surface area contributed by atoms with Gasteiger partial charge in [0, 0.05) is 17.8 Å².